The number of carbonyl (C=O) groups is 3. The zero-order valence-electron chi connectivity index (χ0n) is 26.7. The monoisotopic (exact) mass is 632 g/mol. The van der Waals surface area contributed by atoms with Crippen molar-refractivity contribution in [1.82, 2.24) is 9.80 Å². The molecule has 0 bridgehead atoms. The highest BCUT2D eigenvalue weighted by molar-refractivity contribution is 5.88. The molecule has 1 heterocycles. The third-order valence-electron chi connectivity index (χ3n) is 7.32. The number of rotatable bonds is 14. The number of nitrogens with zero attached hydrogens (tertiary/aromatic N) is 2. The van der Waals surface area contributed by atoms with Gasteiger partial charge >= 0.3 is 6.09 Å². The number of hydrogen-bond acceptors (Lipinski definition) is 8. The molecule has 1 N–H and O–H groups in total. The minimum Gasteiger partial charge on any atom is -0.444 e. The second kappa shape index (κ2) is 17.0. The van der Waals surface area contributed by atoms with E-state index in [-0.39, 0.29) is 52.6 Å². The summed E-state index contributed by atoms with van der Waals surface area (Å²) in [6.45, 7) is 6.23. The largest absolute Gasteiger partial charge is 0.444 e. The molecule has 10 nitrogen and oxygen atoms in total. The topological polar surface area (TPSA) is 115 Å². The standard InChI is InChI=1S/C36H44N2O8/c1-36(2,3)46-35(42)38-21-19-37(20-22-38)34(41)33(45-25-29-17-11-6-12-18-29)31(40)32(44-24-28-15-9-5-10-16-28)30(39)26-43-23-27-13-7-4-8-14-27/h4-18,31-33,40H,19-26H2,1-3H3/t31-,32+,33+/m0/s1. The summed E-state index contributed by atoms with van der Waals surface area (Å²) in [5, 5.41) is 11.7. The number of ketones is 1. The molecular formula is C36H44N2O8. The first-order valence-electron chi connectivity index (χ1n) is 15.5. The molecule has 1 fully saturated rings. The van der Waals surface area contributed by atoms with Crippen LogP contribution in [-0.2, 0) is 48.4 Å². The Morgan fingerprint density at radius 2 is 1.11 bits per heavy atom. The highest BCUT2D eigenvalue weighted by Gasteiger charge is 2.41. The maximum Gasteiger partial charge on any atom is 0.410 e. The van der Waals surface area contributed by atoms with Gasteiger partial charge in [0.25, 0.3) is 5.91 Å². The SMILES string of the molecule is CC(C)(C)OC(=O)N1CCN(C(=O)[C@H](OCc2ccccc2)[C@@H](O)[C@H](OCc2ccccc2)C(=O)COCc2ccccc2)CC1. The van der Waals surface area contributed by atoms with Crippen LogP contribution in [0.25, 0.3) is 0 Å². The van der Waals surface area contributed by atoms with Gasteiger partial charge in [-0.05, 0) is 37.5 Å². The van der Waals surface area contributed by atoms with Crippen LogP contribution in [-0.4, -0.2) is 89.4 Å². The molecule has 1 aliphatic rings. The fourth-order valence-electron chi connectivity index (χ4n) is 4.92. The number of aliphatic hydroxyl groups is 1. The molecule has 3 atom stereocenters. The molecule has 0 radical (unpaired) electrons. The van der Waals surface area contributed by atoms with E-state index < -0.39 is 41.7 Å². The Morgan fingerprint density at radius 3 is 1.59 bits per heavy atom. The summed E-state index contributed by atoms with van der Waals surface area (Å²) in [6, 6.07) is 27.9. The number of Topliss-reactive ketones (excluding diaryl/α,β-unsaturated/α-hetero) is 1. The maximum atomic E-state index is 14.0. The van der Waals surface area contributed by atoms with Gasteiger partial charge in [-0.1, -0.05) is 91.0 Å². The minimum atomic E-state index is -1.64. The smallest absolute Gasteiger partial charge is 0.410 e. The maximum absolute atomic E-state index is 14.0. The molecular weight excluding hydrogens is 588 g/mol. The summed E-state index contributed by atoms with van der Waals surface area (Å²) >= 11 is 0. The van der Waals surface area contributed by atoms with E-state index in [0.717, 1.165) is 16.7 Å². The second-order valence-corrected chi connectivity index (χ2v) is 12.2. The number of carbonyl (C=O) groups excluding carboxylic acids is 3. The van der Waals surface area contributed by atoms with Crippen LogP contribution < -0.4 is 0 Å². The zero-order chi connectivity index (χ0) is 32.9. The fraction of sp³-hybridized carbons (Fsp3) is 0.417. The van der Waals surface area contributed by atoms with Crippen molar-refractivity contribution in [2.24, 2.45) is 0 Å². The summed E-state index contributed by atoms with van der Waals surface area (Å²) in [6.07, 6.45) is -4.93. The van der Waals surface area contributed by atoms with Crippen molar-refractivity contribution in [3.8, 4) is 0 Å². The molecule has 3 aromatic carbocycles. The molecule has 0 spiro atoms. The lowest BCUT2D eigenvalue weighted by atomic mass is 10.0. The Balaban J connectivity index is 1.50. The number of amides is 2. The first kappa shape index (κ1) is 34.8. The first-order valence-corrected chi connectivity index (χ1v) is 15.5. The van der Waals surface area contributed by atoms with Gasteiger partial charge in [-0.3, -0.25) is 9.59 Å². The average molecular weight is 633 g/mol. The molecule has 0 aliphatic carbocycles. The Bertz CT molecular complexity index is 1370. The minimum absolute atomic E-state index is 0.0241. The van der Waals surface area contributed by atoms with Gasteiger partial charge in [-0.25, -0.2) is 4.79 Å². The number of hydrogen-bond donors (Lipinski definition) is 1. The quantitative estimate of drug-likeness (QED) is 0.279. The van der Waals surface area contributed by atoms with E-state index in [1.807, 2.05) is 91.0 Å². The van der Waals surface area contributed by atoms with Gasteiger partial charge < -0.3 is 33.9 Å². The summed E-state index contributed by atoms with van der Waals surface area (Å²) in [7, 11) is 0. The van der Waals surface area contributed by atoms with E-state index >= 15 is 0 Å². The zero-order valence-corrected chi connectivity index (χ0v) is 26.7. The van der Waals surface area contributed by atoms with E-state index in [1.165, 1.54) is 4.90 Å². The molecule has 10 heteroatoms. The molecule has 246 valence electrons. The Kier molecular flexibility index (Phi) is 12.9. The van der Waals surface area contributed by atoms with Crippen LogP contribution >= 0.6 is 0 Å². The Morgan fingerprint density at radius 1 is 0.674 bits per heavy atom. The van der Waals surface area contributed by atoms with Crippen molar-refractivity contribution in [2.45, 2.75) is 64.5 Å². The van der Waals surface area contributed by atoms with Gasteiger partial charge in [0.15, 0.2) is 11.9 Å². The fourth-order valence-corrected chi connectivity index (χ4v) is 4.92. The number of piperazine rings is 1. The molecule has 4 rings (SSSR count). The predicted octanol–water partition coefficient (Wildman–Crippen LogP) is 4.38. The van der Waals surface area contributed by atoms with Crippen molar-refractivity contribution in [1.29, 1.82) is 0 Å². The average Bonchev–Trinajstić information content (AvgIpc) is 3.05. The van der Waals surface area contributed by atoms with E-state index in [2.05, 4.69) is 0 Å². The van der Waals surface area contributed by atoms with E-state index in [1.54, 1.807) is 25.7 Å². The third kappa shape index (κ3) is 10.8. The van der Waals surface area contributed by atoms with Crippen molar-refractivity contribution in [3.05, 3.63) is 108 Å². The third-order valence-corrected chi connectivity index (χ3v) is 7.32. The summed E-state index contributed by atoms with van der Waals surface area (Å²) < 4.78 is 23.3. The molecule has 0 aromatic heterocycles. The van der Waals surface area contributed by atoms with Gasteiger partial charge in [0.05, 0.1) is 19.8 Å². The normalized spacial score (nSPS) is 15.6. The lowest BCUT2D eigenvalue weighted by Crippen LogP contribution is -2.58. The number of ether oxygens (including phenoxy) is 4. The van der Waals surface area contributed by atoms with E-state index in [0.29, 0.717) is 0 Å². The van der Waals surface area contributed by atoms with Crippen molar-refractivity contribution >= 4 is 17.8 Å². The van der Waals surface area contributed by atoms with Crippen molar-refractivity contribution < 1.29 is 38.4 Å². The highest BCUT2D eigenvalue weighted by atomic mass is 16.6. The van der Waals surface area contributed by atoms with Gasteiger partial charge in [0.1, 0.15) is 24.4 Å². The van der Waals surface area contributed by atoms with Crippen LogP contribution in [0.4, 0.5) is 4.79 Å². The lowest BCUT2D eigenvalue weighted by molar-refractivity contribution is -0.171. The molecule has 0 unspecified atom stereocenters. The predicted molar refractivity (Wildman–Crippen MR) is 172 cm³/mol. The number of aliphatic hydroxyl groups excluding tert-OH is 1. The summed E-state index contributed by atoms with van der Waals surface area (Å²) in [5.74, 6) is -1.02. The van der Waals surface area contributed by atoms with Crippen molar-refractivity contribution in [3.63, 3.8) is 0 Å². The molecule has 2 amide bonds. The van der Waals surface area contributed by atoms with E-state index in [4.69, 9.17) is 18.9 Å². The van der Waals surface area contributed by atoms with Crippen LogP contribution in [0.15, 0.2) is 91.0 Å². The highest BCUT2D eigenvalue weighted by Crippen LogP contribution is 2.19. The molecule has 46 heavy (non-hydrogen) atoms. The molecule has 1 aliphatic heterocycles. The van der Waals surface area contributed by atoms with Gasteiger partial charge in [0, 0.05) is 26.2 Å². The molecule has 1 saturated heterocycles. The molecule has 0 saturated carbocycles. The summed E-state index contributed by atoms with van der Waals surface area (Å²) in [5.41, 5.74) is 1.84. The molecule has 3 aromatic rings. The van der Waals surface area contributed by atoms with Crippen LogP contribution in [0.3, 0.4) is 0 Å². The van der Waals surface area contributed by atoms with Crippen LogP contribution in [0.5, 0.6) is 0 Å². The summed E-state index contributed by atoms with van der Waals surface area (Å²) in [4.78, 5) is 43.2. The van der Waals surface area contributed by atoms with Crippen LogP contribution in [0.1, 0.15) is 37.5 Å². The van der Waals surface area contributed by atoms with Gasteiger partial charge in [-0.2, -0.15) is 0 Å². The second-order valence-electron chi connectivity index (χ2n) is 12.2. The van der Waals surface area contributed by atoms with Gasteiger partial charge in [0.2, 0.25) is 0 Å². The van der Waals surface area contributed by atoms with E-state index in [9.17, 15) is 19.5 Å². The Hall–Kier alpha value is -4.09. The number of benzene rings is 3. The van der Waals surface area contributed by atoms with Crippen LogP contribution in [0.2, 0.25) is 0 Å². The van der Waals surface area contributed by atoms with Gasteiger partial charge in [-0.15, -0.1) is 0 Å². The van der Waals surface area contributed by atoms with Crippen molar-refractivity contribution in [2.75, 3.05) is 32.8 Å². The first-order chi connectivity index (χ1) is 22.1. The van der Waals surface area contributed by atoms with Crippen LogP contribution in [0, 0.1) is 0 Å². The lowest BCUT2D eigenvalue weighted by Gasteiger charge is -2.38. The Labute approximate surface area is 270 Å².